The summed E-state index contributed by atoms with van der Waals surface area (Å²) in [6, 6.07) is 3.37. The molecule has 0 atom stereocenters. The average Bonchev–Trinajstić information content (AvgIpc) is 2.76. The van der Waals surface area contributed by atoms with Crippen LogP contribution in [0.3, 0.4) is 0 Å². The third kappa shape index (κ3) is 3.67. The molecule has 5 nitrogen and oxygen atoms in total. The summed E-state index contributed by atoms with van der Waals surface area (Å²) in [4.78, 5) is 13.4. The van der Waals surface area contributed by atoms with E-state index in [2.05, 4.69) is 0 Å². The maximum atomic E-state index is 12.7. The highest BCUT2D eigenvalue weighted by atomic mass is 19.4. The normalized spacial score (nSPS) is 21.4. The van der Waals surface area contributed by atoms with E-state index in [1.54, 1.807) is 12.1 Å². The Kier molecular flexibility index (Phi) is 4.75. The van der Waals surface area contributed by atoms with Crippen LogP contribution in [-0.4, -0.2) is 55.5 Å². The van der Waals surface area contributed by atoms with Crippen LogP contribution in [0.1, 0.15) is 43.6 Å². The Labute approximate surface area is 156 Å². The fourth-order valence-corrected chi connectivity index (χ4v) is 3.30. The molecule has 1 aromatic rings. The van der Waals surface area contributed by atoms with Crippen LogP contribution >= 0.6 is 0 Å². The first kappa shape index (κ1) is 20.0. The highest BCUT2D eigenvalue weighted by molar-refractivity contribution is 6.62. The monoisotopic (exact) mass is 385 g/mol. The van der Waals surface area contributed by atoms with E-state index < -0.39 is 36.9 Å². The number of alkyl halides is 3. The first-order valence-electron chi connectivity index (χ1n) is 8.77. The smallest absolute Gasteiger partial charge is 0.494 e. The third-order valence-corrected chi connectivity index (χ3v) is 5.47. The predicted octanol–water partition coefficient (Wildman–Crippen LogP) is 2.56. The van der Waals surface area contributed by atoms with Gasteiger partial charge in [-0.15, -0.1) is 0 Å². The number of halogens is 3. The molecule has 2 aliphatic heterocycles. The number of benzene rings is 1. The lowest BCUT2D eigenvalue weighted by atomic mass is 9.76. The first-order chi connectivity index (χ1) is 12.3. The van der Waals surface area contributed by atoms with Gasteiger partial charge in [-0.25, -0.2) is 0 Å². The molecule has 9 heteroatoms. The summed E-state index contributed by atoms with van der Waals surface area (Å²) in [6.07, 6.45) is -4.14. The van der Waals surface area contributed by atoms with Crippen LogP contribution < -0.4 is 10.2 Å². The van der Waals surface area contributed by atoms with Gasteiger partial charge in [0.15, 0.2) is 0 Å². The average molecular weight is 385 g/mol. The van der Waals surface area contributed by atoms with E-state index in [9.17, 15) is 18.0 Å². The van der Waals surface area contributed by atoms with E-state index in [4.69, 9.17) is 14.0 Å². The van der Waals surface area contributed by atoms with Crippen molar-refractivity contribution in [1.29, 1.82) is 0 Å². The molecule has 0 saturated carbocycles. The van der Waals surface area contributed by atoms with Crippen molar-refractivity contribution in [2.24, 2.45) is 0 Å². The zero-order valence-corrected chi connectivity index (χ0v) is 16.1. The van der Waals surface area contributed by atoms with E-state index in [0.29, 0.717) is 17.4 Å². The minimum absolute atomic E-state index is 0.00131. The summed E-state index contributed by atoms with van der Waals surface area (Å²) in [7, 11) is 0.747. The molecule has 27 heavy (non-hydrogen) atoms. The number of ether oxygens (including phenoxy) is 1. The van der Waals surface area contributed by atoms with Crippen LogP contribution in [0.5, 0.6) is 5.75 Å². The van der Waals surface area contributed by atoms with Gasteiger partial charge in [0.25, 0.3) is 5.91 Å². The van der Waals surface area contributed by atoms with Crippen LogP contribution in [0.2, 0.25) is 0 Å². The lowest BCUT2D eigenvalue weighted by Crippen LogP contribution is -2.44. The molecule has 0 radical (unpaired) electrons. The van der Waals surface area contributed by atoms with E-state index >= 15 is 0 Å². The molecule has 1 fully saturated rings. The predicted molar refractivity (Wildman–Crippen MR) is 94.4 cm³/mol. The Balaban J connectivity index is 1.95. The molecule has 0 aliphatic carbocycles. The molecule has 0 N–H and O–H groups in total. The number of carbonyl (C=O) groups is 1. The Morgan fingerprint density at radius 3 is 2.30 bits per heavy atom. The molecule has 3 rings (SSSR count). The number of hydrogen-bond acceptors (Lipinski definition) is 4. The van der Waals surface area contributed by atoms with Gasteiger partial charge in [0, 0.05) is 6.54 Å². The van der Waals surface area contributed by atoms with Crippen molar-refractivity contribution in [2.45, 2.75) is 51.5 Å². The van der Waals surface area contributed by atoms with E-state index in [0.717, 1.165) is 4.90 Å². The number of hydrogen-bond donors (Lipinski definition) is 0. The molecule has 0 bridgehead atoms. The van der Waals surface area contributed by atoms with Crippen LogP contribution in [0.15, 0.2) is 12.1 Å². The number of nitrogens with zero attached hydrogens (tertiary/aromatic N) is 1. The molecule has 148 valence electrons. The minimum atomic E-state index is -4.44. The van der Waals surface area contributed by atoms with Crippen LogP contribution in [0.25, 0.3) is 0 Å². The topological polar surface area (TPSA) is 48.0 Å². The van der Waals surface area contributed by atoms with Gasteiger partial charge in [-0.3, -0.25) is 4.79 Å². The lowest BCUT2D eigenvalue weighted by Gasteiger charge is -2.32. The lowest BCUT2D eigenvalue weighted by molar-refractivity contribution is -0.141. The second kappa shape index (κ2) is 6.41. The Morgan fingerprint density at radius 1 is 1.19 bits per heavy atom. The molecule has 1 aromatic carbocycles. The van der Waals surface area contributed by atoms with E-state index in [1.165, 1.54) is 7.11 Å². The van der Waals surface area contributed by atoms with E-state index in [1.807, 2.05) is 27.7 Å². The van der Waals surface area contributed by atoms with Crippen molar-refractivity contribution >= 4 is 18.5 Å². The maximum Gasteiger partial charge on any atom is 0.494 e. The number of amides is 1. The molecule has 0 unspecified atom stereocenters. The van der Waals surface area contributed by atoms with Crippen molar-refractivity contribution in [3.05, 3.63) is 23.3 Å². The first-order valence-corrected chi connectivity index (χ1v) is 8.77. The van der Waals surface area contributed by atoms with Gasteiger partial charge in [-0.1, -0.05) is 6.07 Å². The molecular formula is C18H23BF3NO4. The molecular weight excluding hydrogens is 362 g/mol. The van der Waals surface area contributed by atoms with Crippen molar-refractivity contribution in [1.82, 2.24) is 4.90 Å². The molecule has 2 heterocycles. The van der Waals surface area contributed by atoms with Gasteiger partial charge in [0.2, 0.25) is 0 Å². The second-order valence-corrected chi connectivity index (χ2v) is 7.94. The summed E-state index contributed by atoms with van der Waals surface area (Å²) in [5, 5.41) is 0. The van der Waals surface area contributed by atoms with Crippen LogP contribution in [-0.2, 0) is 15.7 Å². The number of carbonyl (C=O) groups excluding carboxylic acids is 1. The quantitative estimate of drug-likeness (QED) is 0.751. The summed E-state index contributed by atoms with van der Waals surface area (Å²) >= 11 is 0. The molecule has 1 saturated heterocycles. The van der Waals surface area contributed by atoms with Gasteiger partial charge in [0.05, 0.1) is 23.9 Å². The zero-order valence-electron chi connectivity index (χ0n) is 16.1. The van der Waals surface area contributed by atoms with E-state index in [-0.39, 0.29) is 17.9 Å². The standard InChI is InChI=1S/C18H23BF3NO4/c1-16(2)17(3,4)27-19(26-16)12-8-11-6-7-23(10-18(20,21)22)15(24)14(11)13(9-12)25-5/h8-9H,6-7,10H2,1-5H3. The SMILES string of the molecule is COc1cc(B2OC(C)(C)C(C)(C)O2)cc2c1C(=O)N(CC(F)(F)F)CC2. The van der Waals surface area contributed by atoms with Crippen molar-refractivity contribution in [3.63, 3.8) is 0 Å². The van der Waals surface area contributed by atoms with Crippen molar-refractivity contribution in [2.75, 3.05) is 20.2 Å². The third-order valence-electron chi connectivity index (χ3n) is 5.47. The number of methoxy groups -OCH3 is 1. The van der Waals surface area contributed by atoms with Crippen LogP contribution in [0.4, 0.5) is 13.2 Å². The summed E-state index contributed by atoms with van der Waals surface area (Å²) in [5.74, 6) is -0.444. The minimum Gasteiger partial charge on any atom is -0.496 e. The number of fused-ring (bicyclic) bond motifs is 1. The fourth-order valence-electron chi connectivity index (χ4n) is 3.30. The Bertz CT molecular complexity index is 730. The molecule has 1 amide bonds. The summed E-state index contributed by atoms with van der Waals surface area (Å²) in [5.41, 5.74) is 0.442. The Hall–Kier alpha value is -1.74. The van der Waals surface area contributed by atoms with Gasteiger partial charge >= 0.3 is 13.3 Å². The van der Waals surface area contributed by atoms with Gasteiger partial charge in [-0.05, 0) is 51.2 Å². The number of rotatable bonds is 3. The molecule has 0 spiro atoms. The zero-order chi connectivity index (χ0) is 20.2. The highest BCUT2D eigenvalue weighted by Crippen LogP contribution is 2.37. The van der Waals surface area contributed by atoms with Crippen molar-refractivity contribution < 1.29 is 32.0 Å². The van der Waals surface area contributed by atoms with Gasteiger partial charge in [0.1, 0.15) is 12.3 Å². The van der Waals surface area contributed by atoms with Crippen LogP contribution in [0, 0.1) is 0 Å². The summed E-state index contributed by atoms with van der Waals surface area (Å²) < 4.78 is 55.6. The van der Waals surface area contributed by atoms with Crippen molar-refractivity contribution in [3.8, 4) is 5.75 Å². The molecule has 0 aromatic heterocycles. The molecule has 2 aliphatic rings. The van der Waals surface area contributed by atoms with Gasteiger partial charge < -0.3 is 18.9 Å². The maximum absolute atomic E-state index is 12.7. The Morgan fingerprint density at radius 2 is 1.78 bits per heavy atom. The summed E-state index contributed by atoms with van der Waals surface area (Å²) in [6.45, 7) is 6.46. The second-order valence-electron chi connectivity index (χ2n) is 7.94. The highest BCUT2D eigenvalue weighted by Gasteiger charge is 2.52. The van der Waals surface area contributed by atoms with Gasteiger partial charge in [-0.2, -0.15) is 13.2 Å². The largest absolute Gasteiger partial charge is 0.496 e. The fraction of sp³-hybridized carbons (Fsp3) is 0.611.